The molecular weight excluding hydrogens is 787 g/mol. The van der Waals surface area contributed by atoms with Crippen LogP contribution in [-0.2, 0) is 0 Å². The van der Waals surface area contributed by atoms with Crippen LogP contribution in [0.4, 0.5) is 0 Å². The number of nitrogens with one attached hydrogen (secondary N) is 1. The summed E-state index contributed by atoms with van der Waals surface area (Å²) >= 11 is 1.82. The lowest BCUT2D eigenvalue weighted by Gasteiger charge is -2.25. The maximum atomic E-state index is 5.39. The molecule has 296 valence electrons. The molecule has 9 aromatic carbocycles. The average Bonchev–Trinajstić information content (AvgIpc) is 4.02. The molecule has 6 heteroatoms. The molecule has 63 heavy (non-hydrogen) atoms. The molecule has 13 rings (SSSR count). The fourth-order valence-corrected chi connectivity index (χ4v) is 10.9. The number of fused-ring (bicyclic) bond motifs is 9. The number of para-hydroxylation sites is 3. The summed E-state index contributed by atoms with van der Waals surface area (Å²) in [5.41, 5.74) is 12.2. The van der Waals surface area contributed by atoms with Crippen molar-refractivity contribution in [2.45, 2.75) is 6.17 Å². The second-order valence-electron chi connectivity index (χ2n) is 16.2. The van der Waals surface area contributed by atoms with Gasteiger partial charge in [0.25, 0.3) is 0 Å². The zero-order chi connectivity index (χ0) is 41.4. The molecule has 1 N–H and O–H groups in total. The van der Waals surface area contributed by atoms with Crippen LogP contribution in [0, 0.1) is 0 Å². The molecule has 0 radical (unpaired) electrons. The summed E-state index contributed by atoms with van der Waals surface area (Å²) in [6.45, 7) is 0. The molecule has 1 aliphatic heterocycles. The molecule has 12 aromatic rings. The zero-order valence-corrected chi connectivity index (χ0v) is 34.8. The molecule has 1 unspecified atom stereocenters. The van der Waals surface area contributed by atoms with Crippen molar-refractivity contribution in [2.24, 2.45) is 9.98 Å². The highest BCUT2D eigenvalue weighted by Crippen LogP contribution is 2.41. The van der Waals surface area contributed by atoms with Crippen molar-refractivity contribution < 1.29 is 0 Å². The number of thiophene rings is 1. The van der Waals surface area contributed by atoms with Gasteiger partial charge in [0.2, 0.25) is 0 Å². The maximum absolute atomic E-state index is 5.39. The molecular formula is C57H37N5S. The van der Waals surface area contributed by atoms with Crippen LogP contribution in [0.25, 0.3) is 86.3 Å². The number of amidine groups is 2. The lowest BCUT2D eigenvalue weighted by atomic mass is 9.99. The first-order chi connectivity index (χ1) is 31.2. The highest BCUT2D eigenvalue weighted by molar-refractivity contribution is 7.25. The number of nitrogens with zero attached hydrogens (tertiary/aromatic N) is 4. The van der Waals surface area contributed by atoms with E-state index in [-0.39, 0.29) is 0 Å². The van der Waals surface area contributed by atoms with E-state index in [2.05, 4.69) is 221 Å². The van der Waals surface area contributed by atoms with Crippen molar-refractivity contribution in [3.05, 3.63) is 229 Å². The van der Waals surface area contributed by atoms with Gasteiger partial charge in [-0.1, -0.05) is 152 Å². The summed E-state index contributed by atoms with van der Waals surface area (Å²) in [5, 5.41) is 11.3. The van der Waals surface area contributed by atoms with Gasteiger partial charge in [-0.05, 0) is 77.4 Å². The highest BCUT2D eigenvalue weighted by atomic mass is 32.1. The Hall–Kier alpha value is -8.06. The van der Waals surface area contributed by atoms with Gasteiger partial charge in [-0.25, -0.2) is 9.98 Å². The smallest absolute Gasteiger partial charge is 0.159 e. The lowest BCUT2D eigenvalue weighted by molar-refractivity contribution is 0.674. The Morgan fingerprint density at radius 3 is 1.76 bits per heavy atom. The van der Waals surface area contributed by atoms with Crippen LogP contribution in [0.2, 0.25) is 0 Å². The second-order valence-corrected chi connectivity index (χ2v) is 17.3. The Labute approximate surface area is 367 Å². The molecule has 0 saturated carbocycles. The number of rotatable bonds is 6. The lowest BCUT2D eigenvalue weighted by Crippen LogP contribution is -2.33. The van der Waals surface area contributed by atoms with Crippen molar-refractivity contribution in [2.75, 3.05) is 0 Å². The monoisotopic (exact) mass is 823 g/mol. The van der Waals surface area contributed by atoms with E-state index in [9.17, 15) is 0 Å². The Kier molecular flexibility index (Phi) is 8.08. The standard InChI is InChI=1S/C57H37N5S/c1-3-16-36(17-4-1)39-32-40(57-59-55(37-18-5-2-6-19-37)58-56(60-57)38-30-31-45-44-22-10-14-29-52(44)63-53(45)35-38)34-41(33-39)61-49-26-13-9-23-46(49)54-50(61)27-15-28-51(54)62-47-24-11-7-20-42(47)43-21-8-12-25-48(43)62/h1-35,57H,(H,58,59,60). The number of benzene rings is 9. The van der Waals surface area contributed by atoms with Crippen molar-refractivity contribution in [3.63, 3.8) is 0 Å². The first-order valence-corrected chi connectivity index (χ1v) is 22.2. The van der Waals surface area contributed by atoms with Crippen LogP contribution >= 0.6 is 11.3 Å². The summed E-state index contributed by atoms with van der Waals surface area (Å²) in [4.78, 5) is 10.6. The molecule has 3 aromatic heterocycles. The maximum Gasteiger partial charge on any atom is 0.159 e. The van der Waals surface area contributed by atoms with E-state index in [0.717, 1.165) is 56.1 Å². The summed E-state index contributed by atoms with van der Waals surface area (Å²) in [5.74, 6) is 1.50. The minimum absolute atomic E-state index is 0.422. The van der Waals surface area contributed by atoms with Crippen LogP contribution in [-0.4, -0.2) is 20.8 Å². The van der Waals surface area contributed by atoms with E-state index in [1.807, 2.05) is 17.4 Å². The Balaban J connectivity index is 1.03. The van der Waals surface area contributed by atoms with Gasteiger partial charge in [0.15, 0.2) is 5.84 Å². The first kappa shape index (κ1) is 35.7. The number of aliphatic imine (C=N–C) groups is 2. The molecule has 1 aliphatic rings. The SMILES string of the molecule is c1ccc(C2=NC(c3cc(-c4ccccc4)cc(-n4c5ccccc5c5c(-n6c7ccccc7c7ccccc76)cccc54)c3)NC(c3ccc4c(c3)sc3ccccc34)=N2)cc1. The molecule has 0 bridgehead atoms. The predicted molar refractivity (Wildman–Crippen MR) is 265 cm³/mol. The minimum Gasteiger partial charge on any atom is -0.344 e. The van der Waals surface area contributed by atoms with Gasteiger partial charge < -0.3 is 14.5 Å². The fourth-order valence-electron chi connectivity index (χ4n) is 9.72. The Bertz CT molecular complexity index is 3780. The quantitative estimate of drug-likeness (QED) is 0.178. The van der Waals surface area contributed by atoms with Gasteiger partial charge in [-0.2, -0.15) is 0 Å². The number of hydrogen-bond acceptors (Lipinski definition) is 4. The predicted octanol–water partition coefficient (Wildman–Crippen LogP) is 14.4. The molecule has 0 fully saturated rings. The van der Waals surface area contributed by atoms with Crippen LogP contribution in [0.1, 0.15) is 22.9 Å². The van der Waals surface area contributed by atoms with Gasteiger partial charge in [-0.15, -0.1) is 11.3 Å². The largest absolute Gasteiger partial charge is 0.344 e. The van der Waals surface area contributed by atoms with Crippen LogP contribution < -0.4 is 5.32 Å². The average molecular weight is 824 g/mol. The molecule has 0 amide bonds. The van der Waals surface area contributed by atoms with Gasteiger partial charge >= 0.3 is 0 Å². The second kappa shape index (κ2) is 14.3. The van der Waals surface area contributed by atoms with Crippen LogP contribution in [0.15, 0.2) is 222 Å². The fraction of sp³-hybridized carbons (Fsp3) is 0.0175. The van der Waals surface area contributed by atoms with Gasteiger partial charge in [0.1, 0.15) is 12.0 Å². The molecule has 5 nitrogen and oxygen atoms in total. The third-order valence-corrected chi connectivity index (χ3v) is 13.7. The van der Waals surface area contributed by atoms with Crippen molar-refractivity contribution in [3.8, 4) is 22.5 Å². The molecule has 1 atom stereocenters. The molecule has 0 saturated heterocycles. The third-order valence-electron chi connectivity index (χ3n) is 12.5. The molecule has 4 heterocycles. The summed E-state index contributed by atoms with van der Waals surface area (Å²) in [6.07, 6.45) is -0.422. The summed E-state index contributed by atoms with van der Waals surface area (Å²) in [7, 11) is 0. The normalized spacial score (nSPS) is 14.2. The zero-order valence-electron chi connectivity index (χ0n) is 34.0. The van der Waals surface area contributed by atoms with Gasteiger partial charge in [0.05, 0.1) is 27.8 Å². The van der Waals surface area contributed by atoms with Gasteiger partial charge in [-0.3, -0.25) is 0 Å². The van der Waals surface area contributed by atoms with Crippen molar-refractivity contribution >= 4 is 86.8 Å². The van der Waals surface area contributed by atoms with E-state index in [1.54, 1.807) is 0 Å². The first-order valence-electron chi connectivity index (χ1n) is 21.4. The van der Waals surface area contributed by atoms with E-state index < -0.39 is 6.17 Å². The minimum atomic E-state index is -0.422. The van der Waals surface area contributed by atoms with E-state index in [4.69, 9.17) is 9.98 Å². The third kappa shape index (κ3) is 5.76. The topological polar surface area (TPSA) is 46.6 Å². The molecule has 0 aliphatic carbocycles. The van der Waals surface area contributed by atoms with Crippen LogP contribution in [0.3, 0.4) is 0 Å². The number of aromatic nitrogens is 2. The Morgan fingerprint density at radius 2 is 1.02 bits per heavy atom. The summed E-state index contributed by atoms with van der Waals surface area (Å²) in [6, 6.07) is 76.3. The van der Waals surface area contributed by atoms with Crippen LogP contribution in [0.5, 0.6) is 0 Å². The number of hydrogen-bond donors (Lipinski definition) is 1. The van der Waals surface area contributed by atoms with E-state index in [1.165, 1.54) is 52.8 Å². The Morgan fingerprint density at radius 1 is 0.413 bits per heavy atom. The van der Waals surface area contributed by atoms with Crippen molar-refractivity contribution in [1.29, 1.82) is 0 Å². The highest BCUT2D eigenvalue weighted by Gasteiger charge is 2.25. The van der Waals surface area contributed by atoms with Crippen molar-refractivity contribution in [1.82, 2.24) is 14.5 Å². The van der Waals surface area contributed by atoms with E-state index in [0.29, 0.717) is 5.84 Å². The summed E-state index contributed by atoms with van der Waals surface area (Å²) < 4.78 is 7.40. The van der Waals surface area contributed by atoms with E-state index >= 15 is 0 Å². The van der Waals surface area contributed by atoms with Gasteiger partial charge in [0, 0.05) is 58.5 Å². The molecule has 0 spiro atoms.